The summed E-state index contributed by atoms with van der Waals surface area (Å²) >= 11 is 3.17. The number of carbonyl (C=O) groups is 1. The Bertz CT molecular complexity index is 328. The topological polar surface area (TPSA) is 37.3 Å². The summed E-state index contributed by atoms with van der Waals surface area (Å²) in [5.41, 5.74) is 0.861. The molecule has 1 aromatic carbocycles. The molecule has 0 saturated carbocycles. The second-order valence-electron chi connectivity index (χ2n) is 2.91. The van der Waals surface area contributed by atoms with Crippen molar-refractivity contribution < 1.29 is 14.3 Å². The molecule has 4 heteroatoms. The first-order valence-electron chi connectivity index (χ1n) is 4.13. The molecule has 0 aliphatic heterocycles. The fourth-order valence-electron chi connectivity index (χ4n) is 1.13. The number of aliphatic hydroxyl groups excluding tert-OH is 1. The number of hydrogen-bond donors (Lipinski definition) is 1. The van der Waals surface area contributed by atoms with Crippen LogP contribution in [0.2, 0.25) is 0 Å². The second kappa shape index (κ2) is 5.22. The number of alkyl halides is 1. The minimum atomic E-state index is -0.474. The van der Waals surface area contributed by atoms with E-state index in [4.69, 9.17) is 5.11 Å². The quantitative estimate of drug-likeness (QED) is 0.664. The van der Waals surface area contributed by atoms with Crippen molar-refractivity contribution in [2.24, 2.45) is 0 Å². The summed E-state index contributed by atoms with van der Waals surface area (Å²) < 4.78 is 13.2. The van der Waals surface area contributed by atoms with E-state index in [1.54, 1.807) is 6.07 Å². The maximum absolute atomic E-state index is 13.2. The van der Waals surface area contributed by atoms with Gasteiger partial charge in [-0.25, -0.2) is 4.39 Å². The summed E-state index contributed by atoms with van der Waals surface area (Å²) in [6.45, 7) is -0.327. The molecule has 14 heavy (non-hydrogen) atoms. The van der Waals surface area contributed by atoms with Gasteiger partial charge in [-0.1, -0.05) is 28.1 Å². The number of halogens is 2. The molecule has 2 nitrogen and oxygen atoms in total. The molecule has 0 aliphatic rings. The van der Waals surface area contributed by atoms with Gasteiger partial charge in [0.25, 0.3) is 0 Å². The van der Waals surface area contributed by atoms with E-state index in [1.165, 1.54) is 12.1 Å². The predicted molar refractivity (Wildman–Crippen MR) is 54.9 cm³/mol. The van der Waals surface area contributed by atoms with E-state index in [9.17, 15) is 9.18 Å². The van der Waals surface area contributed by atoms with E-state index in [1.807, 2.05) is 0 Å². The molecule has 76 valence electrons. The number of aliphatic hydroxyl groups is 1. The van der Waals surface area contributed by atoms with Crippen molar-refractivity contribution in [2.45, 2.75) is 12.5 Å². The van der Waals surface area contributed by atoms with Gasteiger partial charge in [-0.05, 0) is 11.6 Å². The molecule has 0 radical (unpaired) electrons. The molecule has 0 aliphatic carbocycles. The summed E-state index contributed by atoms with van der Waals surface area (Å²) in [5, 5.41) is 9.21. The van der Waals surface area contributed by atoms with Gasteiger partial charge in [-0.3, -0.25) is 0 Å². The molecular formula is C10H10BrFO2. The van der Waals surface area contributed by atoms with Crippen LogP contribution in [0.3, 0.4) is 0 Å². The average molecular weight is 261 g/mol. The Kier molecular flexibility index (Phi) is 4.22. The minimum Gasteiger partial charge on any atom is -0.392 e. The smallest absolute Gasteiger partial charge is 0.129 e. The van der Waals surface area contributed by atoms with Crippen LogP contribution in [-0.4, -0.2) is 16.7 Å². The van der Waals surface area contributed by atoms with Gasteiger partial charge < -0.3 is 9.90 Å². The summed E-state index contributed by atoms with van der Waals surface area (Å²) in [6.07, 6.45) is 0.766. The van der Waals surface area contributed by atoms with Crippen molar-refractivity contribution >= 4 is 22.2 Å². The highest BCUT2D eigenvalue weighted by Gasteiger charge is 2.11. The van der Waals surface area contributed by atoms with E-state index in [0.717, 1.165) is 6.29 Å². The van der Waals surface area contributed by atoms with Crippen LogP contribution in [0.25, 0.3) is 0 Å². The Morgan fingerprint density at radius 2 is 2.29 bits per heavy atom. The lowest BCUT2D eigenvalue weighted by molar-refractivity contribution is -0.108. The molecule has 1 rings (SSSR count). The molecule has 0 saturated heterocycles. The van der Waals surface area contributed by atoms with Gasteiger partial charge in [0.2, 0.25) is 0 Å². The van der Waals surface area contributed by atoms with Crippen molar-refractivity contribution in [2.75, 3.05) is 5.33 Å². The van der Waals surface area contributed by atoms with Crippen LogP contribution >= 0.6 is 15.9 Å². The highest BCUT2D eigenvalue weighted by atomic mass is 79.9. The highest BCUT2D eigenvalue weighted by Crippen LogP contribution is 2.19. The van der Waals surface area contributed by atoms with Crippen LogP contribution in [0.15, 0.2) is 18.2 Å². The van der Waals surface area contributed by atoms with Crippen molar-refractivity contribution in [1.29, 1.82) is 0 Å². The summed E-state index contributed by atoms with van der Waals surface area (Å²) in [5.74, 6) is -0.810. The van der Waals surface area contributed by atoms with Gasteiger partial charge in [-0.15, -0.1) is 0 Å². The third-order valence-electron chi connectivity index (χ3n) is 2.01. The van der Waals surface area contributed by atoms with Crippen molar-refractivity contribution in [1.82, 2.24) is 0 Å². The molecule has 0 bridgehead atoms. The second-order valence-corrected chi connectivity index (χ2v) is 3.55. The molecule has 1 aromatic rings. The Balaban J connectivity index is 3.01. The zero-order valence-electron chi connectivity index (χ0n) is 7.41. The van der Waals surface area contributed by atoms with Crippen LogP contribution in [0.5, 0.6) is 0 Å². The van der Waals surface area contributed by atoms with E-state index in [-0.39, 0.29) is 18.1 Å². The first kappa shape index (κ1) is 11.3. The summed E-state index contributed by atoms with van der Waals surface area (Å²) in [7, 11) is 0. The van der Waals surface area contributed by atoms with Crippen LogP contribution in [0.1, 0.15) is 17.0 Å². The maximum atomic E-state index is 13.2. The number of hydrogen-bond acceptors (Lipinski definition) is 2. The SMILES string of the molecule is O=CC(CBr)c1ccc(CO)c(F)c1. The third kappa shape index (κ3) is 2.39. The van der Waals surface area contributed by atoms with E-state index in [0.29, 0.717) is 10.9 Å². The van der Waals surface area contributed by atoms with E-state index in [2.05, 4.69) is 15.9 Å². The van der Waals surface area contributed by atoms with Gasteiger partial charge in [0.05, 0.1) is 6.61 Å². The van der Waals surface area contributed by atoms with E-state index >= 15 is 0 Å². The number of aldehydes is 1. The number of carbonyl (C=O) groups excluding carboxylic acids is 1. The summed E-state index contributed by atoms with van der Waals surface area (Å²) in [4.78, 5) is 10.6. The van der Waals surface area contributed by atoms with Crippen molar-refractivity contribution in [3.05, 3.63) is 35.1 Å². The molecular weight excluding hydrogens is 251 g/mol. The molecule has 1 N–H and O–H groups in total. The zero-order chi connectivity index (χ0) is 10.6. The van der Waals surface area contributed by atoms with Crippen molar-refractivity contribution in [3.63, 3.8) is 0 Å². The van der Waals surface area contributed by atoms with Crippen LogP contribution in [-0.2, 0) is 11.4 Å². The zero-order valence-corrected chi connectivity index (χ0v) is 9.00. The fraction of sp³-hybridized carbons (Fsp3) is 0.300. The van der Waals surface area contributed by atoms with Crippen LogP contribution < -0.4 is 0 Å². The lowest BCUT2D eigenvalue weighted by atomic mass is 10.0. The molecule has 0 amide bonds. The molecule has 0 fully saturated rings. The first-order valence-corrected chi connectivity index (χ1v) is 5.25. The molecule has 0 heterocycles. The highest BCUT2D eigenvalue weighted by molar-refractivity contribution is 9.09. The Morgan fingerprint density at radius 3 is 2.71 bits per heavy atom. The third-order valence-corrected chi connectivity index (χ3v) is 2.70. The molecule has 0 spiro atoms. The molecule has 1 atom stereocenters. The Hall–Kier alpha value is -0.740. The first-order chi connectivity index (χ1) is 6.72. The number of rotatable bonds is 4. The predicted octanol–water partition coefficient (Wildman–Crippen LogP) is 2.00. The van der Waals surface area contributed by atoms with Crippen molar-refractivity contribution in [3.8, 4) is 0 Å². The maximum Gasteiger partial charge on any atom is 0.129 e. The number of benzene rings is 1. The molecule has 0 aromatic heterocycles. The van der Waals surface area contributed by atoms with Gasteiger partial charge in [-0.2, -0.15) is 0 Å². The Labute approximate surface area is 89.9 Å². The fourth-order valence-corrected chi connectivity index (χ4v) is 1.65. The molecule has 1 unspecified atom stereocenters. The van der Waals surface area contributed by atoms with Gasteiger partial charge in [0.15, 0.2) is 0 Å². The standard InChI is InChI=1S/C10H10BrFO2/c11-4-9(6-14)7-1-2-8(5-13)10(12)3-7/h1-3,6,9,13H,4-5H2. The van der Waals surface area contributed by atoms with Gasteiger partial charge in [0, 0.05) is 16.8 Å². The van der Waals surface area contributed by atoms with Crippen LogP contribution in [0, 0.1) is 5.82 Å². The van der Waals surface area contributed by atoms with Crippen LogP contribution in [0.4, 0.5) is 4.39 Å². The average Bonchev–Trinajstić information content (AvgIpc) is 2.20. The van der Waals surface area contributed by atoms with Gasteiger partial charge >= 0.3 is 0 Å². The monoisotopic (exact) mass is 260 g/mol. The Morgan fingerprint density at radius 1 is 1.57 bits per heavy atom. The lowest BCUT2D eigenvalue weighted by Crippen LogP contribution is -2.03. The lowest BCUT2D eigenvalue weighted by Gasteiger charge is -2.08. The van der Waals surface area contributed by atoms with E-state index < -0.39 is 5.82 Å². The van der Waals surface area contributed by atoms with Gasteiger partial charge in [0.1, 0.15) is 12.1 Å². The normalized spacial score (nSPS) is 12.5. The summed E-state index contributed by atoms with van der Waals surface area (Å²) in [6, 6.07) is 4.42. The largest absolute Gasteiger partial charge is 0.392 e. The minimum absolute atomic E-state index is 0.243.